The van der Waals surface area contributed by atoms with Gasteiger partial charge in [-0.05, 0) is 24.3 Å². The van der Waals surface area contributed by atoms with Crippen LogP contribution in [-0.4, -0.2) is 50.2 Å². The van der Waals surface area contributed by atoms with Gasteiger partial charge >= 0.3 is 5.97 Å². The summed E-state index contributed by atoms with van der Waals surface area (Å²) in [6.45, 7) is 0.963. The van der Waals surface area contributed by atoms with E-state index in [0.29, 0.717) is 36.1 Å². The molecule has 0 spiro atoms. The molecule has 3 heterocycles. The summed E-state index contributed by atoms with van der Waals surface area (Å²) in [5.74, 6) is -0.467. The number of benzene rings is 1. The van der Waals surface area contributed by atoms with Crippen molar-refractivity contribution in [2.45, 2.75) is 0 Å². The average Bonchev–Trinajstić information content (AvgIpc) is 3.18. The first-order chi connectivity index (χ1) is 13.1. The van der Waals surface area contributed by atoms with E-state index in [0.717, 1.165) is 0 Å². The summed E-state index contributed by atoms with van der Waals surface area (Å²) >= 11 is 0. The third-order valence-electron chi connectivity index (χ3n) is 3.75. The highest BCUT2D eigenvalue weighted by Gasteiger charge is 2.16. The summed E-state index contributed by atoms with van der Waals surface area (Å²) < 4.78 is 12.4. The van der Waals surface area contributed by atoms with E-state index in [1.807, 2.05) is 0 Å². The molecule has 0 saturated heterocycles. The van der Waals surface area contributed by atoms with Crippen LogP contribution in [0, 0.1) is 0 Å². The van der Waals surface area contributed by atoms with Gasteiger partial charge in [0, 0.05) is 18.0 Å². The maximum atomic E-state index is 12.3. The number of nitrogens with one attached hydrogen (secondary N) is 1. The molecule has 0 atom stereocenters. The molecular formula is C17H13N5O5. The SMILES string of the molecule is O=C(O)c1cc(NC(=O)c2cn(-c3ccc4c(c3)OCCO4)nn2)ccn1. The lowest BCUT2D eigenvalue weighted by atomic mass is 10.2. The number of rotatable bonds is 4. The van der Waals surface area contributed by atoms with Crippen LogP contribution in [0.15, 0.2) is 42.7 Å². The van der Waals surface area contributed by atoms with E-state index in [9.17, 15) is 9.59 Å². The van der Waals surface area contributed by atoms with E-state index in [4.69, 9.17) is 14.6 Å². The van der Waals surface area contributed by atoms with Crippen LogP contribution >= 0.6 is 0 Å². The Hall–Kier alpha value is -3.95. The van der Waals surface area contributed by atoms with Gasteiger partial charge in [-0.15, -0.1) is 5.10 Å². The average molecular weight is 367 g/mol. The zero-order valence-corrected chi connectivity index (χ0v) is 13.8. The molecule has 4 rings (SSSR count). The summed E-state index contributed by atoms with van der Waals surface area (Å²) in [4.78, 5) is 27.0. The molecule has 1 aromatic carbocycles. The second-order valence-corrected chi connectivity index (χ2v) is 5.57. The number of hydrogen-bond acceptors (Lipinski definition) is 7. The molecular weight excluding hydrogens is 354 g/mol. The number of aromatic carboxylic acids is 1. The van der Waals surface area contributed by atoms with Crippen molar-refractivity contribution >= 4 is 17.6 Å². The first kappa shape index (κ1) is 16.5. The fraction of sp³-hybridized carbons (Fsp3) is 0.118. The Labute approximate surface area is 152 Å². The smallest absolute Gasteiger partial charge is 0.354 e. The van der Waals surface area contributed by atoms with Crippen LogP contribution in [0.2, 0.25) is 0 Å². The van der Waals surface area contributed by atoms with E-state index in [-0.39, 0.29) is 11.4 Å². The minimum Gasteiger partial charge on any atom is -0.486 e. The summed E-state index contributed by atoms with van der Waals surface area (Å²) in [6.07, 6.45) is 2.76. The Kier molecular flexibility index (Phi) is 4.13. The lowest BCUT2D eigenvalue weighted by molar-refractivity contribution is 0.0690. The van der Waals surface area contributed by atoms with Gasteiger partial charge in [0.25, 0.3) is 5.91 Å². The number of carbonyl (C=O) groups excluding carboxylic acids is 1. The number of aromatic nitrogens is 4. The normalized spacial score (nSPS) is 12.4. The molecule has 0 unspecified atom stereocenters. The van der Waals surface area contributed by atoms with Gasteiger partial charge in [0.2, 0.25) is 0 Å². The van der Waals surface area contributed by atoms with Crippen molar-refractivity contribution < 1.29 is 24.2 Å². The van der Waals surface area contributed by atoms with Crippen LogP contribution < -0.4 is 14.8 Å². The van der Waals surface area contributed by atoms with E-state index < -0.39 is 11.9 Å². The molecule has 3 aromatic rings. The summed E-state index contributed by atoms with van der Waals surface area (Å²) in [7, 11) is 0. The van der Waals surface area contributed by atoms with Gasteiger partial charge in [-0.1, -0.05) is 5.21 Å². The molecule has 10 heteroatoms. The van der Waals surface area contributed by atoms with Crippen molar-refractivity contribution in [1.82, 2.24) is 20.0 Å². The van der Waals surface area contributed by atoms with Crippen molar-refractivity contribution in [3.63, 3.8) is 0 Å². The topological polar surface area (TPSA) is 128 Å². The molecule has 0 bridgehead atoms. The second-order valence-electron chi connectivity index (χ2n) is 5.57. The third-order valence-corrected chi connectivity index (χ3v) is 3.75. The Morgan fingerprint density at radius 3 is 2.70 bits per heavy atom. The number of carboxylic acid groups (broad SMARTS) is 1. The highest BCUT2D eigenvalue weighted by Crippen LogP contribution is 2.31. The number of ether oxygens (including phenoxy) is 2. The Balaban J connectivity index is 1.53. The maximum absolute atomic E-state index is 12.3. The number of carboxylic acids is 1. The fourth-order valence-electron chi connectivity index (χ4n) is 2.49. The first-order valence-corrected chi connectivity index (χ1v) is 7.93. The molecule has 2 N–H and O–H groups in total. The van der Waals surface area contributed by atoms with Gasteiger partial charge in [-0.25, -0.2) is 14.5 Å². The number of anilines is 1. The second kappa shape index (κ2) is 6.75. The standard InChI is InChI=1S/C17H13N5O5/c23-16(19-10-3-4-18-12(7-10)17(24)25)13-9-22(21-20-13)11-1-2-14-15(8-11)27-6-5-26-14/h1-4,7-9H,5-6H2,(H,24,25)(H,18,19,23). The van der Waals surface area contributed by atoms with Crippen molar-refractivity contribution in [3.8, 4) is 17.2 Å². The summed E-state index contributed by atoms with van der Waals surface area (Å²) in [6, 6.07) is 8.01. The van der Waals surface area contributed by atoms with Crippen LogP contribution in [0.1, 0.15) is 21.0 Å². The van der Waals surface area contributed by atoms with Gasteiger partial charge in [0.05, 0.1) is 11.9 Å². The van der Waals surface area contributed by atoms with Crippen LogP contribution in [0.4, 0.5) is 5.69 Å². The van der Waals surface area contributed by atoms with Gasteiger partial charge in [-0.3, -0.25) is 4.79 Å². The molecule has 1 aliphatic heterocycles. The van der Waals surface area contributed by atoms with E-state index in [1.165, 1.54) is 29.2 Å². The molecule has 27 heavy (non-hydrogen) atoms. The number of fused-ring (bicyclic) bond motifs is 1. The molecule has 1 amide bonds. The predicted molar refractivity (Wildman–Crippen MR) is 91.5 cm³/mol. The lowest BCUT2D eigenvalue weighted by Crippen LogP contribution is -2.15. The maximum Gasteiger partial charge on any atom is 0.354 e. The first-order valence-electron chi connectivity index (χ1n) is 7.93. The Morgan fingerprint density at radius 1 is 1.07 bits per heavy atom. The van der Waals surface area contributed by atoms with Crippen molar-refractivity contribution in [2.24, 2.45) is 0 Å². The van der Waals surface area contributed by atoms with Crippen molar-refractivity contribution in [1.29, 1.82) is 0 Å². The minimum atomic E-state index is -1.18. The van der Waals surface area contributed by atoms with Gasteiger partial charge < -0.3 is 19.9 Å². The van der Waals surface area contributed by atoms with Gasteiger partial charge in [0.15, 0.2) is 17.2 Å². The molecule has 1 aliphatic rings. The molecule has 0 radical (unpaired) electrons. The summed E-state index contributed by atoms with van der Waals surface area (Å²) in [5, 5.41) is 19.3. The van der Waals surface area contributed by atoms with E-state index >= 15 is 0 Å². The van der Waals surface area contributed by atoms with Crippen LogP contribution in [0.5, 0.6) is 11.5 Å². The van der Waals surface area contributed by atoms with Crippen LogP contribution in [-0.2, 0) is 0 Å². The van der Waals surface area contributed by atoms with E-state index in [1.54, 1.807) is 18.2 Å². The highest BCUT2D eigenvalue weighted by atomic mass is 16.6. The fourth-order valence-corrected chi connectivity index (χ4v) is 2.49. The van der Waals surface area contributed by atoms with Crippen molar-refractivity contribution in [2.75, 3.05) is 18.5 Å². The predicted octanol–water partition coefficient (Wildman–Crippen LogP) is 1.38. The molecule has 0 saturated carbocycles. The highest BCUT2D eigenvalue weighted by molar-refractivity contribution is 6.03. The number of nitrogens with zero attached hydrogens (tertiary/aromatic N) is 4. The molecule has 10 nitrogen and oxygen atoms in total. The van der Waals surface area contributed by atoms with Gasteiger partial charge in [0.1, 0.15) is 18.9 Å². The molecule has 0 aliphatic carbocycles. The number of amides is 1. The number of hydrogen-bond donors (Lipinski definition) is 2. The number of carbonyl (C=O) groups is 2. The quantitative estimate of drug-likeness (QED) is 0.708. The third kappa shape index (κ3) is 3.40. The largest absolute Gasteiger partial charge is 0.486 e. The van der Waals surface area contributed by atoms with Crippen molar-refractivity contribution in [3.05, 3.63) is 54.1 Å². The Bertz CT molecular complexity index is 1030. The zero-order valence-electron chi connectivity index (χ0n) is 13.8. The molecule has 0 fully saturated rings. The zero-order chi connectivity index (χ0) is 18.8. The van der Waals surface area contributed by atoms with Crippen LogP contribution in [0.25, 0.3) is 5.69 Å². The monoisotopic (exact) mass is 367 g/mol. The molecule has 2 aromatic heterocycles. The lowest BCUT2D eigenvalue weighted by Gasteiger charge is -2.18. The minimum absolute atomic E-state index is 0.0681. The van der Waals surface area contributed by atoms with Crippen LogP contribution in [0.3, 0.4) is 0 Å². The van der Waals surface area contributed by atoms with Gasteiger partial charge in [-0.2, -0.15) is 0 Å². The number of pyridine rings is 1. The Morgan fingerprint density at radius 2 is 1.89 bits per heavy atom. The van der Waals surface area contributed by atoms with E-state index in [2.05, 4.69) is 20.6 Å². The summed E-state index contributed by atoms with van der Waals surface area (Å²) in [5.41, 5.74) is 0.843. The molecule has 136 valence electrons.